The van der Waals surface area contributed by atoms with Gasteiger partial charge in [-0.15, -0.1) is 10.2 Å². The Morgan fingerprint density at radius 2 is 1.33 bits per heavy atom. The van der Waals surface area contributed by atoms with E-state index in [1.54, 1.807) is 22.6 Å². The first-order valence-electron chi connectivity index (χ1n) is 10.2. The SMILES string of the molecule is CN(N)/C=C(\N)CN1CCN(Cc2cn(C)nn2)CCN(Cc2cn(C)nn2)CC1. The molecule has 2 aromatic heterocycles. The second-order valence-corrected chi connectivity index (χ2v) is 7.97. The van der Waals surface area contributed by atoms with Crippen LogP contribution in [-0.4, -0.2) is 103 Å². The van der Waals surface area contributed by atoms with Gasteiger partial charge in [0.05, 0.1) is 11.4 Å². The smallest absolute Gasteiger partial charge is 0.0967 e. The highest BCUT2D eigenvalue weighted by molar-refractivity contribution is 4.98. The summed E-state index contributed by atoms with van der Waals surface area (Å²) in [5.41, 5.74) is 8.89. The van der Waals surface area contributed by atoms with Crippen molar-refractivity contribution in [2.75, 3.05) is 52.9 Å². The van der Waals surface area contributed by atoms with Crippen molar-refractivity contribution in [1.29, 1.82) is 0 Å². The first-order valence-corrected chi connectivity index (χ1v) is 10.2. The highest BCUT2D eigenvalue weighted by atomic mass is 15.4. The Bertz CT molecular complexity index is 755. The molecule has 1 saturated heterocycles. The molecule has 3 rings (SSSR count). The van der Waals surface area contributed by atoms with E-state index in [1.165, 1.54) is 5.01 Å². The van der Waals surface area contributed by atoms with Crippen LogP contribution in [0, 0.1) is 0 Å². The van der Waals surface area contributed by atoms with Gasteiger partial charge in [-0.25, -0.2) is 5.84 Å². The average Bonchev–Trinajstić information content (AvgIpc) is 3.28. The molecule has 166 valence electrons. The van der Waals surface area contributed by atoms with Crippen LogP contribution in [0.4, 0.5) is 0 Å². The number of rotatable bonds is 7. The fraction of sp³-hybridized carbons (Fsp3) is 0.667. The second-order valence-electron chi connectivity index (χ2n) is 7.97. The average molecular weight is 419 g/mol. The summed E-state index contributed by atoms with van der Waals surface area (Å²) in [4.78, 5) is 7.20. The lowest BCUT2D eigenvalue weighted by Crippen LogP contribution is -2.38. The summed E-state index contributed by atoms with van der Waals surface area (Å²) < 4.78 is 3.49. The zero-order valence-electron chi connectivity index (χ0n) is 18.2. The number of aromatic nitrogens is 6. The minimum Gasteiger partial charge on any atom is -0.400 e. The summed E-state index contributed by atoms with van der Waals surface area (Å²) >= 11 is 0. The number of aryl methyl sites for hydroxylation is 2. The van der Waals surface area contributed by atoms with Crippen molar-refractivity contribution in [2.24, 2.45) is 25.7 Å². The van der Waals surface area contributed by atoms with Crippen LogP contribution in [0.1, 0.15) is 11.4 Å². The van der Waals surface area contributed by atoms with E-state index in [2.05, 4.69) is 35.3 Å². The molecule has 0 atom stereocenters. The van der Waals surface area contributed by atoms with E-state index in [0.717, 1.165) is 69.4 Å². The van der Waals surface area contributed by atoms with Crippen LogP contribution in [0.5, 0.6) is 0 Å². The molecule has 0 aliphatic carbocycles. The lowest BCUT2D eigenvalue weighted by atomic mass is 10.3. The number of nitrogens with two attached hydrogens (primary N) is 2. The monoisotopic (exact) mass is 418 g/mol. The Labute approximate surface area is 177 Å². The zero-order valence-corrected chi connectivity index (χ0v) is 18.2. The predicted molar refractivity (Wildman–Crippen MR) is 113 cm³/mol. The van der Waals surface area contributed by atoms with Crippen molar-refractivity contribution in [2.45, 2.75) is 13.1 Å². The molecular weight excluding hydrogens is 384 g/mol. The van der Waals surface area contributed by atoms with E-state index in [0.29, 0.717) is 6.54 Å². The van der Waals surface area contributed by atoms with E-state index in [1.807, 2.05) is 26.5 Å². The summed E-state index contributed by atoms with van der Waals surface area (Å²) in [6.07, 6.45) is 5.71. The van der Waals surface area contributed by atoms with Gasteiger partial charge in [-0.1, -0.05) is 10.4 Å². The third-order valence-corrected chi connectivity index (χ3v) is 5.04. The van der Waals surface area contributed by atoms with Crippen molar-refractivity contribution in [3.8, 4) is 0 Å². The van der Waals surface area contributed by atoms with E-state index in [-0.39, 0.29) is 0 Å². The normalized spacial score (nSPS) is 18.2. The summed E-state index contributed by atoms with van der Waals surface area (Å²) in [6, 6.07) is 0. The molecule has 1 aliphatic heterocycles. The molecule has 3 heterocycles. The molecule has 1 aliphatic rings. The Hall–Kier alpha value is -2.54. The zero-order chi connectivity index (χ0) is 21.5. The Kier molecular flexibility index (Phi) is 7.74. The molecule has 30 heavy (non-hydrogen) atoms. The van der Waals surface area contributed by atoms with Crippen molar-refractivity contribution in [1.82, 2.24) is 49.7 Å². The molecule has 0 spiro atoms. The number of hydrogen-bond donors (Lipinski definition) is 2. The standard InChI is InChI=1S/C18H34N12/c1-25(20)10-16(19)11-28-4-6-29(14-17-12-26(2)23-21-17)8-9-30(7-5-28)15-18-13-27(3)24-22-18/h10,12-13H,4-9,11,14-15,19-20H2,1-3H3/b16-10-. The molecule has 0 radical (unpaired) electrons. The highest BCUT2D eigenvalue weighted by Crippen LogP contribution is 2.08. The minimum absolute atomic E-state index is 0.680. The van der Waals surface area contributed by atoms with Gasteiger partial charge in [0.15, 0.2) is 0 Å². The van der Waals surface area contributed by atoms with Crippen LogP contribution in [0.15, 0.2) is 24.3 Å². The molecule has 0 aromatic carbocycles. The fourth-order valence-corrected chi connectivity index (χ4v) is 3.61. The van der Waals surface area contributed by atoms with Gasteiger partial charge in [-0.05, 0) is 0 Å². The fourth-order valence-electron chi connectivity index (χ4n) is 3.61. The molecule has 4 N–H and O–H groups in total. The van der Waals surface area contributed by atoms with Crippen LogP contribution < -0.4 is 11.6 Å². The van der Waals surface area contributed by atoms with Gasteiger partial charge in [-0.2, -0.15) is 0 Å². The van der Waals surface area contributed by atoms with Crippen LogP contribution in [0.3, 0.4) is 0 Å². The van der Waals surface area contributed by atoms with Crippen LogP contribution in [-0.2, 0) is 27.2 Å². The lowest BCUT2D eigenvalue weighted by molar-refractivity contribution is 0.206. The minimum atomic E-state index is 0.680. The summed E-state index contributed by atoms with van der Waals surface area (Å²) in [6.45, 7) is 7.82. The molecule has 0 saturated carbocycles. The quantitative estimate of drug-likeness (QED) is 0.391. The Morgan fingerprint density at radius 3 is 1.70 bits per heavy atom. The summed E-state index contributed by atoms with van der Waals surface area (Å²) in [7, 11) is 5.56. The largest absolute Gasteiger partial charge is 0.400 e. The van der Waals surface area contributed by atoms with Gasteiger partial charge in [0.1, 0.15) is 0 Å². The highest BCUT2D eigenvalue weighted by Gasteiger charge is 2.19. The number of hydrazine groups is 1. The molecular formula is C18H34N12. The van der Waals surface area contributed by atoms with E-state index < -0.39 is 0 Å². The van der Waals surface area contributed by atoms with Crippen molar-refractivity contribution < 1.29 is 0 Å². The second kappa shape index (κ2) is 10.5. The van der Waals surface area contributed by atoms with Crippen molar-refractivity contribution >= 4 is 0 Å². The maximum absolute atomic E-state index is 6.19. The van der Waals surface area contributed by atoms with E-state index in [4.69, 9.17) is 11.6 Å². The Balaban J connectivity index is 1.68. The van der Waals surface area contributed by atoms with Crippen molar-refractivity contribution in [3.05, 3.63) is 35.7 Å². The number of nitrogens with zero attached hydrogens (tertiary/aromatic N) is 10. The molecule has 0 bridgehead atoms. The summed E-state index contributed by atoms with van der Waals surface area (Å²) in [5, 5.41) is 18.1. The van der Waals surface area contributed by atoms with Gasteiger partial charge in [0.2, 0.25) is 0 Å². The third-order valence-electron chi connectivity index (χ3n) is 5.04. The maximum atomic E-state index is 6.19. The molecule has 12 nitrogen and oxygen atoms in total. The van der Waals surface area contributed by atoms with Crippen molar-refractivity contribution in [3.63, 3.8) is 0 Å². The van der Waals surface area contributed by atoms with Gasteiger partial charge < -0.3 is 10.7 Å². The predicted octanol–water partition coefficient (Wildman–Crippen LogP) is -1.83. The lowest BCUT2D eigenvalue weighted by Gasteiger charge is -2.25. The Morgan fingerprint density at radius 1 is 0.900 bits per heavy atom. The van der Waals surface area contributed by atoms with Gasteiger partial charge in [0, 0.05) is 104 Å². The molecule has 1 fully saturated rings. The molecule has 12 heteroatoms. The van der Waals surface area contributed by atoms with Crippen LogP contribution >= 0.6 is 0 Å². The number of hydrogen-bond acceptors (Lipinski definition) is 10. The van der Waals surface area contributed by atoms with Crippen LogP contribution in [0.25, 0.3) is 0 Å². The molecule has 0 unspecified atom stereocenters. The first kappa shape index (κ1) is 22.2. The van der Waals surface area contributed by atoms with E-state index in [9.17, 15) is 0 Å². The van der Waals surface area contributed by atoms with Crippen LogP contribution in [0.2, 0.25) is 0 Å². The van der Waals surface area contributed by atoms with E-state index >= 15 is 0 Å². The van der Waals surface area contributed by atoms with Gasteiger partial charge in [-0.3, -0.25) is 24.1 Å². The maximum Gasteiger partial charge on any atom is 0.0967 e. The van der Waals surface area contributed by atoms with Gasteiger partial charge in [0.25, 0.3) is 0 Å². The molecule has 2 aromatic rings. The summed E-state index contributed by atoms with van der Waals surface area (Å²) in [5.74, 6) is 5.71. The van der Waals surface area contributed by atoms with Gasteiger partial charge >= 0.3 is 0 Å². The third kappa shape index (κ3) is 7.06. The molecule has 0 amide bonds. The first-order chi connectivity index (χ1) is 14.4. The topological polar surface area (TPSA) is 126 Å².